The van der Waals surface area contributed by atoms with Crippen molar-refractivity contribution in [2.45, 2.75) is 25.3 Å². The SMILES string of the molecule is O=C(CN1C(=O)c2ccccc2C1=O)NC1CCN(C(=O)Cc2cccs2)CC1. The zero-order valence-corrected chi connectivity index (χ0v) is 16.6. The van der Waals surface area contributed by atoms with Gasteiger partial charge in [-0.3, -0.25) is 24.1 Å². The van der Waals surface area contributed by atoms with Crippen LogP contribution in [-0.2, 0) is 16.0 Å². The summed E-state index contributed by atoms with van der Waals surface area (Å²) in [6.45, 7) is 0.883. The quantitative estimate of drug-likeness (QED) is 0.759. The summed E-state index contributed by atoms with van der Waals surface area (Å²) in [5, 5.41) is 4.85. The molecular weight excluding hydrogens is 390 g/mol. The Balaban J connectivity index is 1.26. The van der Waals surface area contributed by atoms with Crippen LogP contribution in [0.25, 0.3) is 0 Å². The first-order valence-corrected chi connectivity index (χ1v) is 10.5. The fraction of sp³-hybridized carbons (Fsp3) is 0.333. The topological polar surface area (TPSA) is 86.8 Å². The van der Waals surface area contributed by atoms with Crippen LogP contribution in [0, 0.1) is 0 Å². The van der Waals surface area contributed by atoms with Gasteiger partial charge in [0.25, 0.3) is 11.8 Å². The Bertz CT molecular complexity index is 914. The van der Waals surface area contributed by atoms with E-state index in [-0.39, 0.29) is 24.4 Å². The predicted molar refractivity (Wildman–Crippen MR) is 108 cm³/mol. The number of benzene rings is 1. The smallest absolute Gasteiger partial charge is 0.262 e. The van der Waals surface area contributed by atoms with Gasteiger partial charge in [-0.05, 0) is 36.4 Å². The Morgan fingerprint density at radius 1 is 1.00 bits per heavy atom. The van der Waals surface area contributed by atoms with Crippen LogP contribution in [0.5, 0.6) is 0 Å². The van der Waals surface area contributed by atoms with Gasteiger partial charge in [0.2, 0.25) is 11.8 Å². The van der Waals surface area contributed by atoms with Gasteiger partial charge in [-0.15, -0.1) is 11.3 Å². The lowest BCUT2D eigenvalue weighted by Gasteiger charge is -2.32. The van der Waals surface area contributed by atoms with Gasteiger partial charge < -0.3 is 10.2 Å². The minimum atomic E-state index is -0.435. The maximum atomic E-state index is 12.4. The first-order chi connectivity index (χ1) is 14.0. The van der Waals surface area contributed by atoms with E-state index in [0.29, 0.717) is 43.5 Å². The minimum Gasteiger partial charge on any atom is -0.352 e. The van der Waals surface area contributed by atoms with Gasteiger partial charge in [0.15, 0.2) is 0 Å². The number of likely N-dealkylation sites (tertiary alicyclic amines) is 1. The molecule has 0 unspecified atom stereocenters. The highest BCUT2D eigenvalue weighted by Gasteiger charge is 2.36. The molecule has 3 heterocycles. The molecule has 2 aromatic rings. The van der Waals surface area contributed by atoms with Crippen molar-refractivity contribution in [1.82, 2.24) is 15.1 Å². The molecule has 2 aliphatic rings. The van der Waals surface area contributed by atoms with E-state index in [2.05, 4.69) is 5.32 Å². The third-order valence-electron chi connectivity index (χ3n) is 5.30. The van der Waals surface area contributed by atoms with Crippen molar-refractivity contribution in [3.8, 4) is 0 Å². The van der Waals surface area contributed by atoms with Crippen LogP contribution in [0.1, 0.15) is 38.4 Å². The molecule has 0 aliphatic carbocycles. The number of nitrogens with zero attached hydrogens (tertiary/aromatic N) is 2. The number of carbonyl (C=O) groups excluding carboxylic acids is 4. The van der Waals surface area contributed by atoms with Crippen molar-refractivity contribution < 1.29 is 19.2 Å². The van der Waals surface area contributed by atoms with Gasteiger partial charge in [-0.2, -0.15) is 0 Å². The maximum Gasteiger partial charge on any atom is 0.262 e. The highest BCUT2D eigenvalue weighted by molar-refractivity contribution is 7.10. The zero-order chi connectivity index (χ0) is 20.4. The van der Waals surface area contributed by atoms with Crippen molar-refractivity contribution in [2.24, 2.45) is 0 Å². The lowest BCUT2D eigenvalue weighted by Crippen LogP contribution is -2.49. The molecule has 4 rings (SSSR count). The van der Waals surface area contributed by atoms with Gasteiger partial charge in [0.1, 0.15) is 6.54 Å². The number of imide groups is 1. The fourth-order valence-corrected chi connectivity index (χ4v) is 4.44. The minimum absolute atomic E-state index is 0.0662. The zero-order valence-electron chi connectivity index (χ0n) is 15.8. The molecule has 0 spiro atoms. The van der Waals surface area contributed by atoms with Crippen LogP contribution < -0.4 is 5.32 Å². The molecule has 4 amide bonds. The molecule has 0 atom stereocenters. The first kappa shape index (κ1) is 19.3. The van der Waals surface area contributed by atoms with E-state index < -0.39 is 11.8 Å². The third-order valence-corrected chi connectivity index (χ3v) is 6.17. The number of thiophene rings is 1. The van der Waals surface area contributed by atoms with Crippen molar-refractivity contribution in [3.05, 3.63) is 57.8 Å². The highest BCUT2D eigenvalue weighted by atomic mass is 32.1. The summed E-state index contributed by atoms with van der Waals surface area (Å²) in [6.07, 6.45) is 1.72. The molecule has 150 valence electrons. The Labute approximate surface area is 172 Å². The monoisotopic (exact) mass is 411 g/mol. The number of hydrogen-bond acceptors (Lipinski definition) is 5. The molecule has 1 N–H and O–H groups in total. The first-order valence-electron chi connectivity index (χ1n) is 9.57. The van der Waals surface area contributed by atoms with Crippen LogP contribution >= 0.6 is 11.3 Å². The molecule has 2 aliphatic heterocycles. The second-order valence-corrected chi connectivity index (χ2v) is 8.25. The maximum absolute atomic E-state index is 12.4. The van der Waals surface area contributed by atoms with Crippen LogP contribution in [0.3, 0.4) is 0 Å². The predicted octanol–water partition coefficient (Wildman–Crippen LogP) is 1.69. The Morgan fingerprint density at radius 3 is 2.24 bits per heavy atom. The highest BCUT2D eigenvalue weighted by Crippen LogP contribution is 2.22. The van der Waals surface area contributed by atoms with Crippen molar-refractivity contribution in [2.75, 3.05) is 19.6 Å². The van der Waals surface area contributed by atoms with Gasteiger partial charge in [0, 0.05) is 24.0 Å². The van der Waals surface area contributed by atoms with E-state index in [9.17, 15) is 19.2 Å². The molecule has 7 nitrogen and oxygen atoms in total. The summed E-state index contributed by atoms with van der Waals surface area (Å²) < 4.78 is 0. The lowest BCUT2D eigenvalue weighted by atomic mass is 10.0. The van der Waals surface area contributed by atoms with E-state index in [4.69, 9.17) is 0 Å². The summed E-state index contributed by atoms with van der Waals surface area (Å²) in [6, 6.07) is 10.4. The summed E-state index contributed by atoms with van der Waals surface area (Å²) >= 11 is 1.57. The van der Waals surface area contributed by atoms with Crippen molar-refractivity contribution in [1.29, 1.82) is 0 Å². The lowest BCUT2D eigenvalue weighted by molar-refractivity contribution is -0.131. The molecule has 0 saturated carbocycles. The average Bonchev–Trinajstić information content (AvgIpc) is 3.31. The molecule has 1 saturated heterocycles. The van der Waals surface area contributed by atoms with Gasteiger partial charge in [-0.1, -0.05) is 18.2 Å². The second-order valence-electron chi connectivity index (χ2n) is 7.22. The second kappa shape index (κ2) is 8.16. The number of rotatable bonds is 5. The molecule has 1 aromatic heterocycles. The van der Waals surface area contributed by atoms with Crippen LogP contribution in [0.4, 0.5) is 0 Å². The van der Waals surface area contributed by atoms with E-state index in [0.717, 1.165) is 9.78 Å². The van der Waals surface area contributed by atoms with E-state index in [1.54, 1.807) is 35.6 Å². The van der Waals surface area contributed by atoms with Gasteiger partial charge in [-0.25, -0.2) is 0 Å². The number of nitrogens with one attached hydrogen (secondary N) is 1. The molecule has 1 fully saturated rings. The van der Waals surface area contributed by atoms with Crippen LogP contribution in [0.2, 0.25) is 0 Å². The fourth-order valence-electron chi connectivity index (χ4n) is 3.75. The number of piperidine rings is 1. The van der Waals surface area contributed by atoms with Crippen LogP contribution in [0.15, 0.2) is 41.8 Å². The molecule has 8 heteroatoms. The summed E-state index contributed by atoms with van der Waals surface area (Å²) in [5.41, 5.74) is 0.672. The summed E-state index contributed by atoms with van der Waals surface area (Å²) in [5.74, 6) is -1.13. The number of carbonyl (C=O) groups is 4. The van der Waals surface area contributed by atoms with Crippen molar-refractivity contribution in [3.63, 3.8) is 0 Å². The summed E-state index contributed by atoms with van der Waals surface area (Å²) in [7, 11) is 0. The van der Waals surface area contributed by atoms with Gasteiger partial charge in [0.05, 0.1) is 17.5 Å². The van der Waals surface area contributed by atoms with E-state index in [1.165, 1.54) is 0 Å². The molecule has 1 aromatic carbocycles. The number of fused-ring (bicyclic) bond motifs is 1. The molecule has 0 radical (unpaired) electrons. The normalized spacial score (nSPS) is 16.8. The molecular formula is C21H21N3O4S. The standard InChI is InChI=1S/C21H21N3O4S/c25-18(13-24-20(27)16-5-1-2-6-17(16)21(24)28)22-14-7-9-23(10-8-14)19(26)12-15-4-3-11-29-15/h1-6,11,14H,7-10,12-13H2,(H,22,25). The Kier molecular flexibility index (Phi) is 5.44. The van der Waals surface area contributed by atoms with E-state index >= 15 is 0 Å². The van der Waals surface area contributed by atoms with Crippen molar-refractivity contribution >= 4 is 35.0 Å². The summed E-state index contributed by atoms with van der Waals surface area (Å²) in [4.78, 5) is 53.4. The molecule has 0 bridgehead atoms. The number of amides is 4. The number of hydrogen-bond donors (Lipinski definition) is 1. The third kappa shape index (κ3) is 4.07. The average molecular weight is 411 g/mol. The van der Waals surface area contributed by atoms with Crippen LogP contribution in [-0.4, -0.2) is 59.1 Å². The van der Waals surface area contributed by atoms with Gasteiger partial charge >= 0.3 is 0 Å². The Morgan fingerprint density at radius 2 is 1.66 bits per heavy atom. The van der Waals surface area contributed by atoms with E-state index in [1.807, 2.05) is 22.4 Å². The molecule has 29 heavy (non-hydrogen) atoms. The Hall–Kier alpha value is -3.00. The largest absolute Gasteiger partial charge is 0.352 e.